The van der Waals surface area contributed by atoms with Gasteiger partial charge in [0.25, 0.3) is 0 Å². The number of allylic oxidation sites excluding steroid dienone is 2. The van der Waals surface area contributed by atoms with Crippen molar-refractivity contribution in [3.63, 3.8) is 0 Å². The number of carbonyl (C=O) groups excluding carboxylic acids is 2. The van der Waals surface area contributed by atoms with Crippen LogP contribution in [0.5, 0.6) is 0 Å². The van der Waals surface area contributed by atoms with Crippen LogP contribution >= 0.6 is 17.0 Å². The third kappa shape index (κ3) is 19.7. The molecule has 0 aromatic rings. The monoisotopic (exact) mass is 474 g/mol. The van der Waals surface area contributed by atoms with Gasteiger partial charge in [-0.05, 0) is 10.8 Å². The molecule has 0 radical (unpaired) electrons. The summed E-state index contributed by atoms with van der Waals surface area (Å²) in [4.78, 5) is 21.1. The molecule has 0 fully saturated rings. The Bertz CT molecular complexity index is 420. The Hall–Kier alpha value is -0.517. The Balaban J connectivity index is -0.000000334. The Morgan fingerprint density at radius 2 is 1.00 bits per heavy atom. The fraction of sp³-hybridized carbons (Fsp3) is 0.625. The van der Waals surface area contributed by atoms with Crippen LogP contribution in [-0.4, -0.2) is 26.2 Å². The number of rotatable bonds is 2. The number of carbonyl (C=O) groups is 2. The zero-order chi connectivity index (χ0) is 20.8. The van der Waals surface area contributed by atoms with Gasteiger partial charge in [-0.3, -0.25) is 0 Å². The van der Waals surface area contributed by atoms with Crippen molar-refractivity contribution < 1.29 is 50.1 Å². The van der Waals surface area contributed by atoms with Crippen molar-refractivity contribution in [1.29, 1.82) is 0 Å². The van der Waals surface area contributed by atoms with Crippen molar-refractivity contribution in [2.75, 3.05) is 14.2 Å². The first-order valence-electron chi connectivity index (χ1n) is 7.07. The second-order valence-corrected chi connectivity index (χ2v) is 10.4. The molecule has 0 aliphatic heterocycles. The molecule has 0 unspecified atom stereocenters. The van der Waals surface area contributed by atoms with Crippen molar-refractivity contribution in [1.82, 2.24) is 0 Å². The quantitative estimate of drug-likeness (QED) is 0.345. The average molecular weight is 477 g/mol. The van der Waals surface area contributed by atoms with Gasteiger partial charge in [-0.1, -0.05) is 41.5 Å². The van der Waals surface area contributed by atoms with Crippen molar-refractivity contribution >= 4 is 29.0 Å². The topological polar surface area (TPSA) is 98.7 Å². The molecular weight excluding hydrogens is 450 g/mol. The van der Waals surface area contributed by atoms with Gasteiger partial charge in [0.05, 0.1) is 14.2 Å². The summed E-state index contributed by atoms with van der Waals surface area (Å²) < 4.78 is 8.60. The van der Waals surface area contributed by atoms with E-state index in [1.54, 1.807) is 41.5 Å². The molecule has 9 heteroatoms. The molecule has 0 amide bonds. The van der Waals surface area contributed by atoms with Crippen molar-refractivity contribution in [3.05, 3.63) is 23.7 Å². The van der Waals surface area contributed by atoms with Crippen molar-refractivity contribution in [2.45, 2.75) is 41.5 Å². The van der Waals surface area contributed by atoms with Crippen LogP contribution in [0.2, 0.25) is 0 Å². The summed E-state index contributed by atoms with van der Waals surface area (Å²) in [6, 6.07) is 0. The maximum absolute atomic E-state index is 11.1. The summed E-state index contributed by atoms with van der Waals surface area (Å²) in [6.07, 6.45) is 1.94. The van der Waals surface area contributed by atoms with E-state index >= 15 is 0 Å². The van der Waals surface area contributed by atoms with E-state index in [9.17, 15) is 19.8 Å². The van der Waals surface area contributed by atoms with Gasteiger partial charge in [0.1, 0.15) is 0 Å². The number of ether oxygens (including phenoxy) is 2. The van der Waals surface area contributed by atoms with Crippen LogP contribution in [0, 0.1) is 10.8 Å². The van der Waals surface area contributed by atoms with E-state index < -0.39 is 43.6 Å². The molecular formula is C16H26Cl2O6Zr. The van der Waals surface area contributed by atoms with Crippen LogP contribution in [-0.2, 0) is 39.9 Å². The predicted octanol–water partition coefficient (Wildman–Crippen LogP) is 2.28. The van der Waals surface area contributed by atoms with E-state index in [0.717, 1.165) is 12.2 Å². The number of methoxy groups -OCH3 is 2. The Morgan fingerprint density at radius 1 is 0.800 bits per heavy atom. The van der Waals surface area contributed by atoms with Gasteiger partial charge in [-0.25, -0.2) is 9.59 Å². The summed E-state index contributed by atoms with van der Waals surface area (Å²) >= 11 is -0.826. The van der Waals surface area contributed by atoms with Crippen LogP contribution < -0.4 is 10.2 Å². The zero-order valence-corrected chi connectivity index (χ0v) is 19.8. The van der Waals surface area contributed by atoms with Crippen LogP contribution in [0.3, 0.4) is 0 Å². The molecule has 0 saturated heterocycles. The fourth-order valence-corrected chi connectivity index (χ4v) is 0.765. The first-order valence-corrected chi connectivity index (χ1v) is 13.4. The number of esters is 2. The predicted molar refractivity (Wildman–Crippen MR) is 90.8 cm³/mol. The molecule has 0 rings (SSSR count). The van der Waals surface area contributed by atoms with Gasteiger partial charge >= 0.3 is 49.8 Å². The van der Waals surface area contributed by atoms with E-state index in [4.69, 9.17) is 17.0 Å². The minimum absolute atomic E-state index is 0.218. The van der Waals surface area contributed by atoms with Gasteiger partial charge in [0, 0.05) is 12.2 Å². The van der Waals surface area contributed by atoms with Gasteiger partial charge in [-0.2, -0.15) is 0 Å². The van der Waals surface area contributed by atoms with Gasteiger partial charge in [0.15, 0.2) is 0 Å². The third-order valence-electron chi connectivity index (χ3n) is 2.38. The normalized spacial score (nSPS) is 11.8. The molecule has 0 heterocycles. The number of hydrogen-bond donors (Lipinski definition) is 0. The molecule has 25 heavy (non-hydrogen) atoms. The van der Waals surface area contributed by atoms with E-state index in [2.05, 4.69) is 9.47 Å². The standard InChI is InChI=1S/2C8H14O3.2ClH.Zr/c2*1-8(2,3)6(9)5-7(10)11-4;;;/h2*5,9H,1-4H3;2*1H;/q;;;;+4/p-4/b2*6-5-;;;. The summed E-state index contributed by atoms with van der Waals surface area (Å²) in [5.41, 5.74) is -1.01. The SMILES string of the molecule is COC(=O)/C=C(\[O-])C(C)(C)C.COC(=O)/C=C(\[O-])C(C)(C)C.[Cl][Zr+2][Cl]. The van der Waals surface area contributed by atoms with E-state index in [-0.39, 0.29) is 11.5 Å². The number of halogens is 2. The molecule has 0 aromatic heterocycles. The van der Waals surface area contributed by atoms with Gasteiger partial charge in [-0.15, -0.1) is 11.5 Å². The number of hydrogen-bond acceptors (Lipinski definition) is 6. The molecule has 144 valence electrons. The molecule has 0 saturated carbocycles. The zero-order valence-electron chi connectivity index (χ0n) is 15.9. The summed E-state index contributed by atoms with van der Waals surface area (Å²) in [7, 11) is 12.4. The maximum atomic E-state index is 11.1. The molecule has 6 nitrogen and oxygen atoms in total. The molecule has 0 aromatic carbocycles. The summed E-state index contributed by atoms with van der Waals surface area (Å²) in [5, 5.41) is 22.2. The van der Waals surface area contributed by atoms with E-state index in [1.807, 2.05) is 0 Å². The first-order chi connectivity index (χ1) is 11.2. The first kappa shape index (κ1) is 29.3. The Labute approximate surface area is 168 Å². The van der Waals surface area contributed by atoms with Crippen LogP contribution in [0.4, 0.5) is 0 Å². The second-order valence-electron chi connectivity index (χ2n) is 6.63. The van der Waals surface area contributed by atoms with Crippen molar-refractivity contribution in [3.8, 4) is 0 Å². The van der Waals surface area contributed by atoms with Gasteiger partial charge < -0.3 is 19.7 Å². The summed E-state index contributed by atoms with van der Waals surface area (Å²) in [5.74, 6) is -1.62. The summed E-state index contributed by atoms with van der Waals surface area (Å²) in [6.45, 7) is 10.5. The molecule has 0 aliphatic carbocycles. The van der Waals surface area contributed by atoms with Crippen LogP contribution in [0.15, 0.2) is 23.7 Å². The molecule has 0 spiro atoms. The fourth-order valence-electron chi connectivity index (χ4n) is 0.765. The second kappa shape index (κ2) is 14.6. The van der Waals surface area contributed by atoms with Crippen LogP contribution in [0.1, 0.15) is 41.5 Å². The minimum atomic E-state index is -0.826. The van der Waals surface area contributed by atoms with Crippen molar-refractivity contribution in [2.24, 2.45) is 10.8 Å². The van der Waals surface area contributed by atoms with E-state index in [0.29, 0.717) is 0 Å². The average Bonchev–Trinajstić information content (AvgIpc) is 2.46. The van der Waals surface area contributed by atoms with Gasteiger partial charge in [0.2, 0.25) is 0 Å². The van der Waals surface area contributed by atoms with E-state index in [1.165, 1.54) is 14.2 Å². The molecule has 0 atom stereocenters. The Morgan fingerprint density at radius 3 is 1.12 bits per heavy atom. The van der Waals surface area contributed by atoms with Crippen LogP contribution in [0.25, 0.3) is 0 Å². The third-order valence-corrected chi connectivity index (χ3v) is 2.38. The molecule has 0 N–H and O–H groups in total. The molecule has 0 aliphatic rings. The molecule has 0 bridgehead atoms. The Kier molecular flexibility index (Phi) is 17.1.